The van der Waals surface area contributed by atoms with Gasteiger partial charge >= 0.3 is 0 Å². The average Bonchev–Trinajstić information content (AvgIpc) is 2.95. The third-order valence-electron chi connectivity index (χ3n) is 4.18. The van der Waals surface area contributed by atoms with Crippen LogP contribution in [0.3, 0.4) is 0 Å². The number of aryl methyl sites for hydroxylation is 1. The average molecular weight is 353 g/mol. The van der Waals surface area contributed by atoms with E-state index in [1.54, 1.807) is 12.1 Å². The fourth-order valence-corrected chi connectivity index (χ4v) is 2.88. The van der Waals surface area contributed by atoms with Crippen molar-refractivity contribution in [1.29, 1.82) is 0 Å². The maximum atomic E-state index is 12.8. The number of hydrogen-bond acceptors (Lipinski definition) is 5. The SMILES string of the molecule is COc1cc(C(=O)/C=C2\C(=O)Nc3ccc(C)cc32)cc(OC)c1OC. The third-order valence-corrected chi connectivity index (χ3v) is 4.18. The summed E-state index contributed by atoms with van der Waals surface area (Å²) in [6.07, 6.45) is 1.33. The topological polar surface area (TPSA) is 73.9 Å². The second kappa shape index (κ2) is 6.92. The molecule has 1 amide bonds. The Bertz CT molecular complexity index is 905. The van der Waals surface area contributed by atoms with Gasteiger partial charge in [-0.05, 0) is 37.3 Å². The smallest absolute Gasteiger partial charge is 0.256 e. The molecule has 0 atom stereocenters. The molecule has 0 aromatic heterocycles. The normalized spacial score (nSPS) is 14.0. The monoisotopic (exact) mass is 353 g/mol. The first-order valence-electron chi connectivity index (χ1n) is 7.97. The molecule has 6 nitrogen and oxygen atoms in total. The largest absolute Gasteiger partial charge is 0.493 e. The molecule has 1 heterocycles. The lowest BCUT2D eigenvalue weighted by Gasteiger charge is -2.13. The number of carbonyl (C=O) groups excluding carboxylic acids is 2. The number of ether oxygens (including phenoxy) is 3. The van der Waals surface area contributed by atoms with Gasteiger partial charge in [0.2, 0.25) is 5.75 Å². The number of benzene rings is 2. The Balaban J connectivity index is 2.05. The van der Waals surface area contributed by atoms with Gasteiger partial charge in [-0.25, -0.2) is 0 Å². The number of nitrogens with one attached hydrogen (secondary N) is 1. The molecule has 0 unspecified atom stereocenters. The van der Waals surface area contributed by atoms with E-state index in [0.717, 1.165) is 11.1 Å². The van der Waals surface area contributed by atoms with Crippen molar-refractivity contribution in [2.45, 2.75) is 6.92 Å². The fraction of sp³-hybridized carbons (Fsp3) is 0.200. The Morgan fingerprint density at radius 1 is 1.00 bits per heavy atom. The molecule has 0 radical (unpaired) electrons. The molecule has 0 fully saturated rings. The minimum absolute atomic E-state index is 0.300. The second-order valence-electron chi connectivity index (χ2n) is 5.84. The number of amides is 1. The van der Waals surface area contributed by atoms with E-state index in [0.29, 0.717) is 34.1 Å². The van der Waals surface area contributed by atoms with Crippen molar-refractivity contribution in [3.05, 3.63) is 53.1 Å². The van der Waals surface area contributed by atoms with Crippen LogP contribution in [0.4, 0.5) is 5.69 Å². The number of ketones is 1. The molecule has 0 aliphatic carbocycles. The highest BCUT2D eigenvalue weighted by molar-refractivity contribution is 6.35. The first-order chi connectivity index (χ1) is 12.5. The highest BCUT2D eigenvalue weighted by Crippen LogP contribution is 2.39. The molecule has 1 aliphatic rings. The lowest BCUT2D eigenvalue weighted by molar-refractivity contribution is -0.110. The van der Waals surface area contributed by atoms with Crippen LogP contribution in [-0.2, 0) is 4.79 Å². The van der Waals surface area contributed by atoms with Crippen LogP contribution in [0.15, 0.2) is 36.4 Å². The highest BCUT2D eigenvalue weighted by atomic mass is 16.5. The van der Waals surface area contributed by atoms with Gasteiger partial charge in [-0.15, -0.1) is 0 Å². The van der Waals surface area contributed by atoms with Gasteiger partial charge in [0.1, 0.15) is 0 Å². The highest BCUT2D eigenvalue weighted by Gasteiger charge is 2.25. The van der Waals surface area contributed by atoms with Crippen LogP contribution in [0.5, 0.6) is 17.2 Å². The predicted molar refractivity (Wildman–Crippen MR) is 98.2 cm³/mol. The molecule has 0 saturated heterocycles. The second-order valence-corrected chi connectivity index (χ2v) is 5.84. The molecule has 0 bridgehead atoms. The Labute approximate surface area is 151 Å². The van der Waals surface area contributed by atoms with Gasteiger partial charge in [0.15, 0.2) is 17.3 Å². The summed E-state index contributed by atoms with van der Waals surface area (Å²) in [5, 5.41) is 2.77. The number of fused-ring (bicyclic) bond motifs is 1. The summed E-state index contributed by atoms with van der Waals surface area (Å²) in [4.78, 5) is 25.0. The first kappa shape index (κ1) is 17.5. The van der Waals surface area contributed by atoms with E-state index < -0.39 is 0 Å². The van der Waals surface area contributed by atoms with Crippen molar-refractivity contribution in [2.75, 3.05) is 26.6 Å². The summed E-state index contributed by atoms with van der Waals surface area (Å²) in [5.74, 6) is 0.523. The molecular weight excluding hydrogens is 334 g/mol. The van der Waals surface area contributed by atoms with E-state index in [1.807, 2.05) is 25.1 Å². The van der Waals surface area contributed by atoms with E-state index >= 15 is 0 Å². The van der Waals surface area contributed by atoms with Gasteiger partial charge < -0.3 is 19.5 Å². The van der Waals surface area contributed by atoms with Gasteiger partial charge in [-0.3, -0.25) is 9.59 Å². The Morgan fingerprint density at radius 2 is 1.65 bits per heavy atom. The molecule has 3 rings (SSSR count). The molecule has 1 N–H and O–H groups in total. The molecule has 0 spiro atoms. The molecule has 2 aromatic carbocycles. The molecule has 6 heteroatoms. The molecule has 26 heavy (non-hydrogen) atoms. The number of carbonyl (C=O) groups is 2. The maximum absolute atomic E-state index is 12.8. The van der Waals surface area contributed by atoms with Crippen molar-refractivity contribution >= 4 is 23.0 Å². The first-order valence-corrected chi connectivity index (χ1v) is 7.97. The summed E-state index contributed by atoms with van der Waals surface area (Å²) >= 11 is 0. The van der Waals surface area contributed by atoms with Crippen molar-refractivity contribution < 1.29 is 23.8 Å². The molecular formula is C20H19NO5. The summed E-state index contributed by atoms with van der Waals surface area (Å²) < 4.78 is 15.8. The summed E-state index contributed by atoms with van der Waals surface area (Å²) in [6, 6.07) is 8.73. The lowest BCUT2D eigenvalue weighted by Crippen LogP contribution is -2.06. The molecule has 2 aromatic rings. The summed E-state index contributed by atoms with van der Waals surface area (Å²) in [6.45, 7) is 1.93. The van der Waals surface area contributed by atoms with E-state index in [4.69, 9.17) is 14.2 Å². The maximum Gasteiger partial charge on any atom is 0.256 e. The molecule has 1 aliphatic heterocycles. The van der Waals surface area contributed by atoms with E-state index in [9.17, 15) is 9.59 Å². The molecule has 134 valence electrons. The van der Waals surface area contributed by atoms with Crippen LogP contribution < -0.4 is 19.5 Å². The van der Waals surface area contributed by atoms with Crippen molar-refractivity contribution in [3.63, 3.8) is 0 Å². The van der Waals surface area contributed by atoms with Crippen LogP contribution in [0.1, 0.15) is 21.5 Å². The Hall–Kier alpha value is -3.28. The van der Waals surface area contributed by atoms with Gasteiger partial charge in [0, 0.05) is 16.8 Å². The van der Waals surface area contributed by atoms with Crippen LogP contribution in [0.2, 0.25) is 0 Å². The standard InChI is InChI=1S/C20H19NO5/c1-11-5-6-15-13(7-11)14(20(23)21-15)10-16(22)12-8-17(24-2)19(26-4)18(9-12)25-3/h5-10H,1-4H3,(H,21,23)/b14-10-. The van der Waals surface area contributed by atoms with Crippen molar-refractivity contribution in [3.8, 4) is 17.2 Å². The number of anilines is 1. The summed E-state index contributed by atoms with van der Waals surface area (Å²) in [7, 11) is 4.45. The van der Waals surface area contributed by atoms with Gasteiger partial charge in [-0.1, -0.05) is 11.6 Å². The number of rotatable bonds is 5. The van der Waals surface area contributed by atoms with E-state index in [2.05, 4.69) is 5.32 Å². The minimum atomic E-state index is -0.330. The fourth-order valence-electron chi connectivity index (χ4n) is 2.88. The Kier molecular flexibility index (Phi) is 4.67. The van der Waals surface area contributed by atoms with Crippen LogP contribution in [0.25, 0.3) is 5.57 Å². The van der Waals surface area contributed by atoms with E-state index in [-0.39, 0.29) is 11.7 Å². The number of allylic oxidation sites excluding steroid dienone is 1. The van der Waals surface area contributed by atoms with Gasteiger partial charge in [0.05, 0.1) is 26.9 Å². The Morgan fingerprint density at radius 3 is 2.23 bits per heavy atom. The zero-order valence-corrected chi connectivity index (χ0v) is 15.0. The van der Waals surface area contributed by atoms with E-state index in [1.165, 1.54) is 27.4 Å². The van der Waals surface area contributed by atoms with Crippen LogP contribution >= 0.6 is 0 Å². The zero-order valence-electron chi connectivity index (χ0n) is 15.0. The van der Waals surface area contributed by atoms with Crippen LogP contribution in [-0.4, -0.2) is 33.0 Å². The number of hydrogen-bond donors (Lipinski definition) is 1. The number of methoxy groups -OCH3 is 3. The van der Waals surface area contributed by atoms with Gasteiger partial charge in [-0.2, -0.15) is 0 Å². The van der Waals surface area contributed by atoms with Crippen molar-refractivity contribution in [2.24, 2.45) is 0 Å². The lowest BCUT2D eigenvalue weighted by atomic mass is 10.0. The quantitative estimate of drug-likeness (QED) is 0.660. The van der Waals surface area contributed by atoms with Gasteiger partial charge in [0.25, 0.3) is 5.91 Å². The zero-order chi connectivity index (χ0) is 18.8. The predicted octanol–water partition coefficient (Wildman–Crippen LogP) is 3.24. The van der Waals surface area contributed by atoms with Crippen LogP contribution in [0, 0.1) is 6.92 Å². The minimum Gasteiger partial charge on any atom is -0.493 e. The summed E-state index contributed by atoms with van der Waals surface area (Å²) in [5.41, 5.74) is 3.09. The molecule has 0 saturated carbocycles. The van der Waals surface area contributed by atoms with Crippen molar-refractivity contribution in [1.82, 2.24) is 0 Å². The third kappa shape index (κ3) is 3.01.